The standard InChI is InChI=1S/C13H19F3N2O/c1-3-6-17-10(9-19-2)8-12-11(13(14,15)16)5-4-7-18-12/h4-5,7,10,17H,3,6,8-9H2,1-2H3. The average Bonchev–Trinajstić information content (AvgIpc) is 2.35. The number of ether oxygens (including phenoxy) is 1. The molecule has 1 N–H and O–H groups in total. The van der Waals surface area contributed by atoms with Gasteiger partial charge in [0.25, 0.3) is 0 Å². The van der Waals surface area contributed by atoms with E-state index in [1.165, 1.54) is 19.4 Å². The van der Waals surface area contributed by atoms with Gasteiger partial charge in [0.15, 0.2) is 0 Å². The molecular formula is C13H19F3N2O. The van der Waals surface area contributed by atoms with Crippen LogP contribution in [0.1, 0.15) is 24.6 Å². The quantitative estimate of drug-likeness (QED) is 0.831. The monoisotopic (exact) mass is 276 g/mol. The third-order valence-electron chi connectivity index (χ3n) is 2.69. The van der Waals surface area contributed by atoms with Crippen molar-refractivity contribution in [2.45, 2.75) is 32.0 Å². The summed E-state index contributed by atoms with van der Waals surface area (Å²) in [6, 6.07) is 2.20. The van der Waals surface area contributed by atoms with Crippen molar-refractivity contribution in [2.75, 3.05) is 20.3 Å². The number of nitrogens with zero attached hydrogens (tertiary/aromatic N) is 1. The van der Waals surface area contributed by atoms with Crippen molar-refractivity contribution >= 4 is 0 Å². The van der Waals surface area contributed by atoms with E-state index < -0.39 is 11.7 Å². The summed E-state index contributed by atoms with van der Waals surface area (Å²) in [6.45, 7) is 3.09. The van der Waals surface area contributed by atoms with E-state index >= 15 is 0 Å². The SMILES string of the molecule is CCCNC(COC)Cc1ncccc1C(F)(F)F. The van der Waals surface area contributed by atoms with Crippen LogP contribution in [0, 0.1) is 0 Å². The molecule has 1 heterocycles. The number of alkyl halides is 3. The number of methoxy groups -OCH3 is 1. The molecule has 0 bridgehead atoms. The summed E-state index contributed by atoms with van der Waals surface area (Å²) in [4.78, 5) is 3.86. The van der Waals surface area contributed by atoms with Gasteiger partial charge < -0.3 is 10.1 Å². The van der Waals surface area contributed by atoms with Gasteiger partial charge in [-0.2, -0.15) is 13.2 Å². The normalized spacial score (nSPS) is 13.5. The Morgan fingerprint density at radius 1 is 1.42 bits per heavy atom. The molecule has 6 heteroatoms. The minimum Gasteiger partial charge on any atom is -0.383 e. The zero-order valence-corrected chi connectivity index (χ0v) is 11.1. The summed E-state index contributed by atoms with van der Waals surface area (Å²) < 4.78 is 43.6. The van der Waals surface area contributed by atoms with Crippen LogP contribution in [0.5, 0.6) is 0 Å². The largest absolute Gasteiger partial charge is 0.418 e. The van der Waals surface area contributed by atoms with Crippen LogP contribution in [0.3, 0.4) is 0 Å². The van der Waals surface area contributed by atoms with Gasteiger partial charge in [0.05, 0.1) is 17.9 Å². The van der Waals surface area contributed by atoms with Crippen LogP contribution in [0.15, 0.2) is 18.3 Å². The Hall–Kier alpha value is -1.14. The molecule has 0 saturated heterocycles. The second-order valence-corrected chi connectivity index (χ2v) is 4.31. The number of hydrogen-bond acceptors (Lipinski definition) is 3. The lowest BCUT2D eigenvalue weighted by Gasteiger charge is -2.19. The predicted octanol–water partition coefficient (Wildman–Crippen LogP) is 2.66. The van der Waals surface area contributed by atoms with E-state index in [0.717, 1.165) is 19.0 Å². The van der Waals surface area contributed by atoms with Gasteiger partial charge in [-0.05, 0) is 25.1 Å². The van der Waals surface area contributed by atoms with E-state index in [9.17, 15) is 13.2 Å². The maximum atomic E-state index is 12.8. The Morgan fingerprint density at radius 3 is 2.74 bits per heavy atom. The fraction of sp³-hybridized carbons (Fsp3) is 0.615. The Kier molecular flexibility index (Phi) is 6.24. The maximum Gasteiger partial charge on any atom is 0.418 e. The molecule has 1 unspecified atom stereocenters. The number of rotatable bonds is 7. The summed E-state index contributed by atoms with van der Waals surface area (Å²) in [5.74, 6) is 0. The highest BCUT2D eigenvalue weighted by Crippen LogP contribution is 2.31. The van der Waals surface area contributed by atoms with Crippen molar-refractivity contribution in [3.8, 4) is 0 Å². The summed E-state index contributed by atoms with van der Waals surface area (Å²) in [7, 11) is 1.53. The molecule has 0 radical (unpaired) electrons. The van der Waals surface area contributed by atoms with Gasteiger partial charge in [0, 0.05) is 25.8 Å². The molecule has 0 amide bonds. The summed E-state index contributed by atoms with van der Waals surface area (Å²) in [5.41, 5.74) is -0.616. The van der Waals surface area contributed by atoms with Crippen LogP contribution in [0.25, 0.3) is 0 Å². The molecular weight excluding hydrogens is 257 g/mol. The fourth-order valence-corrected chi connectivity index (χ4v) is 1.83. The Morgan fingerprint density at radius 2 is 2.16 bits per heavy atom. The molecule has 0 spiro atoms. The van der Waals surface area contributed by atoms with E-state index in [-0.39, 0.29) is 18.2 Å². The molecule has 0 aromatic carbocycles. The first kappa shape index (κ1) is 15.9. The van der Waals surface area contributed by atoms with Crippen molar-refractivity contribution in [3.05, 3.63) is 29.6 Å². The van der Waals surface area contributed by atoms with Gasteiger partial charge in [-0.25, -0.2) is 0 Å². The number of aromatic nitrogens is 1. The third kappa shape index (κ3) is 5.16. The molecule has 0 fully saturated rings. The Balaban J connectivity index is 2.83. The van der Waals surface area contributed by atoms with Crippen LogP contribution < -0.4 is 5.32 Å². The van der Waals surface area contributed by atoms with Gasteiger partial charge in [0.2, 0.25) is 0 Å². The molecule has 1 aromatic rings. The lowest BCUT2D eigenvalue weighted by Crippen LogP contribution is -2.36. The average molecular weight is 276 g/mol. The topological polar surface area (TPSA) is 34.1 Å². The molecule has 0 saturated carbocycles. The summed E-state index contributed by atoms with van der Waals surface area (Å²) in [6.07, 6.45) is -1.88. The highest BCUT2D eigenvalue weighted by molar-refractivity contribution is 5.23. The zero-order valence-electron chi connectivity index (χ0n) is 11.1. The van der Waals surface area contributed by atoms with Crippen molar-refractivity contribution in [1.29, 1.82) is 0 Å². The molecule has 3 nitrogen and oxygen atoms in total. The number of hydrogen-bond donors (Lipinski definition) is 1. The molecule has 1 aromatic heterocycles. The second-order valence-electron chi connectivity index (χ2n) is 4.31. The summed E-state index contributed by atoms with van der Waals surface area (Å²) >= 11 is 0. The highest BCUT2D eigenvalue weighted by atomic mass is 19.4. The molecule has 1 atom stereocenters. The van der Waals surface area contributed by atoms with Crippen molar-refractivity contribution in [3.63, 3.8) is 0 Å². The first-order chi connectivity index (χ1) is 8.99. The van der Waals surface area contributed by atoms with Gasteiger partial charge >= 0.3 is 6.18 Å². The molecule has 0 aliphatic heterocycles. The first-order valence-electron chi connectivity index (χ1n) is 6.22. The van der Waals surface area contributed by atoms with E-state index in [4.69, 9.17) is 4.74 Å². The molecule has 1 rings (SSSR count). The zero-order chi connectivity index (χ0) is 14.3. The molecule has 19 heavy (non-hydrogen) atoms. The second kappa shape index (κ2) is 7.45. The first-order valence-corrected chi connectivity index (χ1v) is 6.22. The van der Waals surface area contributed by atoms with Crippen molar-refractivity contribution in [2.24, 2.45) is 0 Å². The molecule has 108 valence electrons. The minimum atomic E-state index is -4.37. The fourth-order valence-electron chi connectivity index (χ4n) is 1.83. The van der Waals surface area contributed by atoms with E-state index in [2.05, 4.69) is 10.3 Å². The maximum absolute atomic E-state index is 12.8. The highest BCUT2D eigenvalue weighted by Gasteiger charge is 2.34. The lowest BCUT2D eigenvalue weighted by atomic mass is 10.1. The molecule has 0 aliphatic carbocycles. The van der Waals surface area contributed by atoms with Crippen molar-refractivity contribution in [1.82, 2.24) is 10.3 Å². The van der Waals surface area contributed by atoms with Crippen LogP contribution in [-0.4, -0.2) is 31.3 Å². The van der Waals surface area contributed by atoms with Gasteiger partial charge in [-0.3, -0.25) is 4.98 Å². The van der Waals surface area contributed by atoms with Crippen LogP contribution in [0.2, 0.25) is 0 Å². The summed E-state index contributed by atoms with van der Waals surface area (Å²) in [5, 5.41) is 3.17. The number of nitrogens with one attached hydrogen (secondary N) is 1. The predicted molar refractivity (Wildman–Crippen MR) is 66.9 cm³/mol. The van der Waals surface area contributed by atoms with Crippen LogP contribution in [0.4, 0.5) is 13.2 Å². The van der Waals surface area contributed by atoms with E-state index in [0.29, 0.717) is 6.61 Å². The van der Waals surface area contributed by atoms with Crippen molar-refractivity contribution < 1.29 is 17.9 Å². The number of halogens is 3. The van der Waals surface area contributed by atoms with Gasteiger partial charge in [-0.1, -0.05) is 6.92 Å². The minimum absolute atomic E-state index is 0.0562. The Bertz CT molecular complexity index is 382. The van der Waals surface area contributed by atoms with E-state index in [1.807, 2.05) is 6.92 Å². The van der Waals surface area contributed by atoms with Crippen LogP contribution in [-0.2, 0) is 17.3 Å². The van der Waals surface area contributed by atoms with Crippen LogP contribution >= 0.6 is 0 Å². The third-order valence-corrected chi connectivity index (χ3v) is 2.69. The van der Waals surface area contributed by atoms with Gasteiger partial charge in [-0.15, -0.1) is 0 Å². The van der Waals surface area contributed by atoms with Gasteiger partial charge in [0.1, 0.15) is 0 Å². The lowest BCUT2D eigenvalue weighted by molar-refractivity contribution is -0.138. The number of pyridine rings is 1. The Labute approximate surface area is 111 Å². The van der Waals surface area contributed by atoms with E-state index in [1.54, 1.807) is 0 Å². The molecule has 0 aliphatic rings. The smallest absolute Gasteiger partial charge is 0.383 e.